The van der Waals surface area contributed by atoms with Gasteiger partial charge in [0.1, 0.15) is 0 Å². The number of piperidine rings is 2. The van der Waals surface area contributed by atoms with E-state index in [9.17, 15) is 15.3 Å². The van der Waals surface area contributed by atoms with Gasteiger partial charge in [-0.2, -0.15) is 0 Å². The van der Waals surface area contributed by atoms with Gasteiger partial charge in [0.15, 0.2) is 0 Å². The third-order valence-corrected chi connectivity index (χ3v) is 17.8. The lowest BCUT2D eigenvalue weighted by molar-refractivity contribution is -0.189. The van der Waals surface area contributed by atoms with Crippen LogP contribution in [0.25, 0.3) is 0 Å². The first kappa shape index (κ1) is 34.6. The van der Waals surface area contributed by atoms with E-state index in [4.69, 9.17) is 0 Å². The highest BCUT2D eigenvalue weighted by molar-refractivity contribution is 5.26. The van der Waals surface area contributed by atoms with Gasteiger partial charge in [0.05, 0.1) is 17.8 Å². The molecule has 0 unspecified atom stereocenters. The summed E-state index contributed by atoms with van der Waals surface area (Å²) >= 11 is 0. The van der Waals surface area contributed by atoms with Crippen molar-refractivity contribution in [3.8, 4) is 0 Å². The molecule has 7 fully saturated rings. The van der Waals surface area contributed by atoms with Crippen LogP contribution in [0, 0.1) is 75.9 Å². The van der Waals surface area contributed by atoms with Crippen LogP contribution < -0.4 is 0 Å². The Morgan fingerprint density at radius 1 is 0.900 bits per heavy atom. The number of benzene rings is 1. The smallest absolute Gasteiger partial charge is 0.0805 e. The minimum absolute atomic E-state index is 0.000237. The molecule has 4 heteroatoms. The summed E-state index contributed by atoms with van der Waals surface area (Å²) in [6, 6.07) is 11.6. The lowest BCUT2D eigenvalue weighted by atomic mass is 9.42. The number of aliphatic hydroxyl groups is 3. The zero-order chi connectivity index (χ0) is 34.6. The first-order valence-corrected chi connectivity index (χ1v) is 21.5. The Labute approximate surface area is 303 Å². The summed E-state index contributed by atoms with van der Waals surface area (Å²) in [6.07, 6.45) is 20.8. The van der Waals surface area contributed by atoms with Crippen LogP contribution in [-0.2, 0) is 0 Å². The van der Waals surface area contributed by atoms with Gasteiger partial charge in [-0.05, 0) is 178 Å². The maximum atomic E-state index is 12.3. The summed E-state index contributed by atoms with van der Waals surface area (Å²) in [6.45, 7) is 11.7. The summed E-state index contributed by atoms with van der Waals surface area (Å²) < 4.78 is 0. The highest BCUT2D eigenvalue weighted by atomic mass is 16.3. The second-order valence-electron chi connectivity index (χ2n) is 20.7. The van der Waals surface area contributed by atoms with Crippen molar-refractivity contribution in [2.75, 3.05) is 13.1 Å². The molecular weight excluding hydrogens is 615 g/mol. The van der Waals surface area contributed by atoms with Gasteiger partial charge in [-0.1, -0.05) is 69.7 Å². The van der Waals surface area contributed by atoms with Gasteiger partial charge < -0.3 is 15.3 Å². The topological polar surface area (TPSA) is 63.9 Å². The molecule has 6 aliphatic carbocycles. The Bertz CT molecular complexity index is 1410. The van der Waals surface area contributed by atoms with Crippen molar-refractivity contribution in [2.45, 2.75) is 147 Å². The van der Waals surface area contributed by atoms with Gasteiger partial charge in [0.25, 0.3) is 0 Å². The number of nitrogens with zero attached hydrogens (tertiary/aromatic N) is 1. The predicted octanol–water partition coefficient (Wildman–Crippen LogP) is 8.85. The van der Waals surface area contributed by atoms with Crippen LogP contribution in [-0.4, -0.2) is 57.2 Å². The summed E-state index contributed by atoms with van der Waals surface area (Å²) in [5.74, 6) is 6.97. The maximum absolute atomic E-state index is 12.3. The average Bonchev–Trinajstić information content (AvgIpc) is 3.64. The zero-order valence-corrected chi connectivity index (χ0v) is 31.8. The van der Waals surface area contributed by atoms with Crippen LogP contribution >= 0.6 is 0 Å². The maximum Gasteiger partial charge on any atom is 0.0805 e. The van der Waals surface area contributed by atoms with Crippen molar-refractivity contribution in [1.29, 1.82) is 0 Å². The highest BCUT2D eigenvalue weighted by Crippen LogP contribution is 2.74. The van der Waals surface area contributed by atoms with Gasteiger partial charge in [0.2, 0.25) is 0 Å². The Hall–Kier alpha value is -1.20. The molecule has 2 saturated heterocycles. The van der Waals surface area contributed by atoms with E-state index in [2.05, 4.69) is 75.1 Å². The Morgan fingerprint density at radius 2 is 1.72 bits per heavy atom. The highest BCUT2D eigenvalue weighted by Gasteiger charge is 2.71. The van der Waals surface area contributed by atoms with E-state index in [1.807, 2.05) is 0 Å². The number of hydrogen-bond donors (Lipinski definition) is 3. The SMILES string of the molecule is CC(C)CC[C@H](C[C@H]1CC[C@@]2(C1)C[C@]13CC=C[C@H]4[C@H]5[C@H](CC[C@@H]6[C@H]5CN5C[C@H](C)CC[C@@H]5[C@@]6(C)O)[C@@H](C[C@H](O)[C@@H]1C[C@H]2O)[C@H]43)c1ccccc1. The number of fused-ring (bicyclic) bond motifs is 6. The third-order valence-electron chi connectivity index (χ3n) is 17.8. The molecule has 50 heavy (non-hydrogen) atoms. The Kier molecular flexibility index (Phi) is 8.78. The molecule has 0 bridgehead atoms. The van der Waals surface area contributed by atoms with E-state index < -0.39 is 5.60 Å². The standard InChI is InChI=1S/C46H69NO3/c1-28(2)12-14-32(31-9-6-5-7-10-31)21-30-18-20-45(24-30)27-46-19-8-11-34-42-33(35(43(34)46)22-39(48)38(46)23-41(45)49)15-16-37-36(42)26-47-25-29(3)13-17-40(47)44(37,4)50/h5-11,28-30,32-43,48-50H,12-27H2,1-4H3/t29-,30-,32-,33-,34+,35-,36-,37-,38+,39+,40-,41-,42-,43+,44+,45-,46-/m1/s1. The molecule has 4 nitrogen and oxygen atoms in total. The summed E-state index contributed by atoms with van der Waals surface area (Å²) in [5, 5.41) is 36.6. The van der Waals surface area contributed by atoms with Gasteiger partial charge in [0, 0.05) is 19.1 Å². The number of hydrogen-bond acceptors (Lipinski definition) is 4. The molecular formula is C46H69NO3. The van der Waals surface area contributed by atoms with E-state index in [-0.39, 0.29) is 29.0 Å². The number of aliphatic hydroxyl groups excluding tert-OH is 2. The molecule has 1 aromatic rings. The van der Waals surface area contributed by atoms with Crippen LogP contribution in [0.3, 0.4) is 0 Å². The Morgan fingerprint density at radius 3 is 2.52 bits per heavy atom. The monoisotopic (exact) mass is 684 g/mol. The summed E-state index contributed by atoms with van der Waals surface area (Å²) in [4.78, 5) is 2.73. The second kappa shape index (κ2) is 12.7. The van der Waals surface area contributed by atoms with Crippen molar-refractivity contribution in [3.63, 3.8) is 0 Å². The molecule has 0 aromatic heterocycles. The zero-order valence-electron chi connectivity index (χ0n) is 31.8. The van der Waals surface area contributed by atoms with E-state index >= 15 is 0 Å². The fraction of sp³-hybridized carbons (Fsp3) is 0.826. The van der Waals surface area contributed by atoms with Crippen LogP contribution in [0.1, 0.15) is 129 Å². The summed E-state index contributed by atoms with van der Waals surface area (Å²) in [5.41, 5.74) is 1.01. The largest absolute Gasteiger partial charge is 0.393 e. The van der Waals surface area contributed by atoms with E-state index in [1.165, 1.54) is 57.1 Å². The lowest BCUT2D eigenvalue weighted by Gasteiger charge is -2.63. The Balaban J connectivity index is 1.00. The van der Waals surface area contributed by atoms with Crippen LogP contribution in [0.4, 0.5) is 0 Å². The molecule has 3 N–H and O–H groups in total. The number of allylic oxidation sites excluding steroid dienone is 2. The molecule has 2 aliphatic heterocycles. The van der Waals surface area contributed by atoms with Crippen LogP contribution in [0.15, 0.2) is 42.5 Å². The van der Waals surface area contributed by atoms with Crippen molar-refractivity contribution in [1.82, 2.24) is 4.90 Å². The predicted molar refractivity (Wildman–Crippen MR) is 201 cm³/mol. The molecule has 2 heterocycles. The van der Waals surface area contributed by atoms with Crippen molar-refractivity contribution < 1.29 is 15.3 Å². The van der Waals surface area contributed by atoms with Gasteiger partial charge in [-0.3, -0.25) is 4.90 Å². The molecule has 0 radical (unpaired) electrons. The van der Waals surface area contributed by atoms with E-state index in [0.29, 0.717) is 59.3 Å². The van der Waals surface area contributed by atoms with Crippen molar-refractivity contribution >= 4 is 0 Å². The van der Waals surface area contributed by atoms with Gasteiger partial charge in [-0.15, -0.1) is 0 Å². The quantitative estimate of drug-likeness (QED) is 0.262. The first-order valence-electron chi connectivity index (χ1n) is 21.5. The van der Waals surface area contributed by atoms with E-state index in [1.54, 1.807) is 0 Å². The molecule has 17 atom stereocenters. The van der Waals surface area contributed by atoms with Crippen LogP contribution in [0.5, 0.6) is 0 Å². The minimum Gasteiger partial charge on any atom is -0.393 e. The average molecular weight is 684 g/mol. The molecule has 276 valence electrons. The number of rotatable bonds is 6. The van der Waals surface area contributed by atoms with Crippen molar-refractivity contribution in [3.05, 3.63) is 48.0 Å². The van der Waals surface area contributed by atoms with Gasteiger partial charge in [-0.25, -0.2) is 0 Å². The van der Waals surface area contributed by atoms with E-state index in [0.717, 1.165) is 63.3 Å². The van der Waals surface area contributed by atoms with Crippen LogP contribution in [0.2, 0.25) is 0 Å². The second-order valence-corrected chi connectivity index (χ2v) is 20.7. The molecule has 9 rings (SSSR count). The normalized spacial score (nSPS) is 51.5. The fourth-order valence-electron chi connectivity index (χ4n) is 16.0. The molecule has 5 saturated carbocycles. The van der Waals surface area contributed by atoms with Gasteiger partial charge >= 0.3 is 0 Å². The molecule has 0 amide bonds. The molecule has 1 aromatic carbocycles. The first-order chi connectivity index (χ1) is 24.0. The third kappa shape index (κ3) is 5.32. The molecule has 8 aliphatic rings. The van der Waals surface area contributed by atoms with Crippen molar-refractivity contribution in [2.24, 2.45) is 75.9 Å². The minimum atomic E-state index is -0.607. The fourth-order valence-corrected chi connectivity index (χ4v) is 16.0. The molecule has 2 spiro atoms. The lowest BCUT2D eigenvalue weighted by Crippen LogP contribution is -2.67. The summed E-state index contributed by atoms with van der Waals surface area (Å²) in [7, 11) is 0.